The minimum atomic E-state index is 0.138. The summed E-state index contributed by atoms with van der Waals surface area (Å²) >= 11 is 0. The van der Waals surface area contributed by atoms with E-state index in [2.05, 4.69) is 32.7 Å². The molecule has 2 saturated heterocycles. The van der Waals surface area contributed by atoms with Crippen LogP contribution in [0.15, 0.2) is 24.8 Å². The molecule has 2 aliphatic rings. The molecule has 0 unspecified atom stereocenters. The molecule has 1 N–H and O–H groups in total. The van der Waals surface area contributed by atoms with Gasteiger partial charge in [-0.15, -0.1) is 6.58 Å². The summed E-state index contributed by atoms with van der Waals surface area (Å²) in [7, 11) is 2.40. The molecule has 0 aromatic carbocycles. The van der Waals surface area contributed by atoms with Crippen molar-refractivity contribution in [3.63, 3.8) is 0 Å². The molecule has 0 saturated carbocycles. The van der Waals surface area contributed by atoms with E-state index < -0.39 is 0 Å². The highest BCUT2D eigenvalue weighted by Gasteiger charge is 2.19. The molecule has 2 heterocycles. The standard InChI is InChI=1S/C8H15P.C5H11N.C3H6/c1-2-3-6-9-7-4-5-8-9;1-6-4-2-3-5-6;1-3-2/h2-3H,4-8H2,1H3;2-5H2,1H3;3H,1H2,2H3/p+2/b3-2-;;. The Kier molecular flexibility index (Phi) is 13.2. The van der Waals surface area contributed by atoms with E-state index in [-0.39, 0.29) is 7.92 Å². The molecule has 2 rings (SSSR count). The first-order valence-electron chi connectivity index (χ1n) is 7.57. The molecule has 0 spiro atoms. The highest BCUT2D eigenvalue weighted by Crippen LogP contribution is 2.42. The fourth-order valence-corrected chi connectivity index (χ4v) is 5.07. The second-order valence-corrected chi connectivity index (χ2v) is 8.21. The van der Waals surface area contributed by atoms with Gasteiger partial charge in [0.25, 0.3) is 0 Å². The van der Waals surface area contributed by atoms with Crippen molar-refractivity contribution >= 4 is 7.92 Å². The highest BCUT2D eigenvalue weighted by molar-refractivity contribution is 7.58. The third-order valence-electron chi connectivity index (χ3n) is 3.41. The maximum absolute atomic E-state index is 3.36. The number of quaternary nitrogens is 1. The number of nitrogens with one attached hydrogen (secondary N) is 1. The largest absolute Gasteiger partial charge is 0.337 e. The summed E-state index contributed by atoms with van der Waals surface area (Å²) in [5.74, 6) is 0. The Balaban J connectivity index is 0.000000278. The van der Waals surface area contributed by atoms with E-state index in [1.807, 2.05) is 6.92 Å². The van der Waals surface area contributed by atoms with Gasteiger partial charge < -0.3 is 4.90 Å². The number of likely N-dealkylation sites (tertiary alicyclic amines) is 1. The predicted molar refractivity (Wildman–Crippen MR) is 88.7 cm³/mol. The summed E-state index contributed by atoms with van der Waals surface area (Å²) in [6.07, 6.45) is 16.8. The van der Waals surface area contributed by atoms with Gasteiger partial charge in [-0.1, -0.05) is 18.2 Å². The molecule has 0 aromatic rings. The van der Waals surface area contributed by atoms with Gasteiger partial charge in [-0.25, -0.2) is 0 Å². The monoisotopic (exact) mass is 271 g/mol. The van der Waals surface area contributed by atoms with Crippen LogP contribution in [-0.4, -0.2) is 38.6 Å². The fraction of sp³-hybridized carbons (Fsp3) is 0.750. The first-order valence-corrected chi connectivity index (χ1v) is 9.69. The van der Waals surface area contributed by atoms with Crippen LogP contribution in [-0.2, 0) is 0 Å². The molecule has 18 heavy (non-hydrogen) atoms. The Morgan fingerprint density at radius 1 is 1.06 bits per heavy atom. The van der Waals surface area contributed by atoms with E-state index in [4.69, 9.17) is 0 Å². The maximum Gasteiger partial charge on any atom is 0.0771 e. The van der Waals surface area contributed by atoms with E-state index in [9.17, 15) is 0 Å². The van der Waals surface area contributed by atoms with Crippen LogP contribution in [0.3, 0.4) is 0 Å². The molecule has 0 aromatic heterocycles. The van der Waals surface area contributed by atoms with Gasteiger partial charge in [-0.05, 0) is 26.7 Å². The lowest BCUT2D eigenvalue weighted by Crippen LogP contribution is -3.06. The zero-order valence-electron chi connectivity index (χ0n) is 12.8. The van der Waals surface area contributed by atoms with Crippen LogP contribution in [0.25, 0.3) is 0 Å². The second-order valence-electron chi connectivity index (χ2n) is 5.30. The van der Waals surface area contributed by atoms with Crippen molar-refractivity contribution in [2.24, 2.45) is 0 Å². The van der Waals surface area contributed by atoms with Gasteiger partial charge in [0.05, 0.1) is 38.6 Å². The van der Waals surface area contributed by atoms with Crippen molar-refractivity contribution in [2.45, 2.75) is 39.5 Å². The third-order valence-corrected chi connectivity index (χ3v) is 6.34. The predicted octanol–water partition coefficient (Wildman–Crippen LogP) is 3.06. The minimum Gasteiger partial charge on any atom is -0.337 e. The molecule has 2 fully saturated rings. The van der Waals surface area contributed by atoms with Crippen molar-refractivity contribution in [1.82, 2.24) is 0 Å². The van der Waals surface area contributed by atoms with E-state index in [0.29, 0.717) is 0 Å². The van der Waals surface area contributed by atoms with E-state index >= 15 is 0 Å². The molecule has 1 nitrogen and oxygen atoms in total. The first kappa shape index (κ1) is 17.9. The molecule has 0 aliphatic carbocycles. The summed E-state index contributed by atoms with van der Waals surface area (Å²) in [5.41, 5.74) is 0. The van der Waals surface area contributed by atoms with Gasteiger partial charge in [0.15, 0.2) is 0 Å². The summed E-state index contributed by atoms with van der Waals surface area (Å²) in [6.45, 7) is 10.2. The van der Waals surface area contributed by atoms with Gasteiger partial charge in [0.1, 0.15) is 0 Å². The third kappa shape index (κ3) is 11.0. The topological polar surface area (TPSA) is 4.44 Å². The molecule has 0 atom stereocenters. The van der Waals surface area contributed by atoms with Gasteiger partial charge in [0.2, 0.25) is 0 Å². The summed E-state index contributed by atoms with van der Waals surface area (Å²) in [5, 5.41) is 0. The SMILES string of the molecule is C/C=C\C[PH+]1CCCC1.C=CC.C[NH+]1CCCC1. The molecule has 0 radical (unpaired) electrons. The van der Waals surface area contributed by atoms with Crippen LogP contribution in [0.2, 0.25) is 0 Å². The minimum absolute atomic E-state index is 0.138. The lowest BCUT2D eigenvalue weighted by atomic mass is 10.4. The van der Waals surface area contributed by atoms with E-state index in [0.717, 1.165) is 0 Å². The summed E-state index contributed by atoms with van der Waals surface area (Å²) in [4.78, 5) is 1.70. The average Bonchev–Trinajstić information content (AvgIpc) is 3.01. The van der Waals surface area contributed by atoms with Crippen LogP contribution in [0.4, 0.5) is 0 Å². The van der Waals surface area contributed by atoms with Crippen molar-refractivity contribution in [2.75, 3.05) is 38.6 Å². The highest BCUT2D eigenvalue weighted by atomic mass is 31.1. The Bertz CT molecular complexity index is 201. The van der Waals surface area contributed by atoms with Crippen LogP contribution in [0.1, 0.15) is 39.5 Å². The zero-order valence-corrected chi connectivity index (χ0v) is 13.8. The quantitative estimate of drug-likeness (QED) is 0.581. The summed E-state index contributed by atoms with van der Waals surface area (Å²) < 4.78 is 0. The van der Waals surface area contributed by atoms with Crippen molar-refractivity contribution in [3.8, 4) is 0 Å². The van der Waals surface area contributed by atoms with Crippen LogP contribution in [0.5, 0.6) is 0 Å². The van der Waals surface area contributed by atoms with Crippen LogP contribution >= 0.6 is 7.92 Å². The normalized spacial score (nSPS) is 20.2. The molecule has 2 heteroatoms. The van der Waals surface area contributed by atoms with Gasteiger partial charge >= 0.3 is 0 Å². The molecule has 106 valence electrons. The molecule has 2 aliphatic heterocycles. The number of hydrogen-bond acceptors (Lipinski definition) is 0. The van der Waals surface area contributed by atoms with Crippen LogP contribution in [0, 0.1) is 0 Å². The molecule has 0 bridgehead atoms. The lowest BCUT2D eigenvalue weighted by Gasteiger charge is -1.98. The van der Waals surface area contributed by atoms with Gasteiger partial charge in [0, 0.05) is 20.8 Å². The fourth-order valence-electron chi connectivity index (χ4n) is 2.34. The Morgan fingerprint density at radius 2 is 1.56 bits per heavy atom. The zero-order chi connectivity index (χ0) is 13.6. The summed E-state index contributed by atoms with van der Waals surface area (Å²) in [6, 6.07) is 0. The lowest BCUT2D eigenvalue weighted by molar-refractivity contribution is -0.866. The van der Waals surface area contributed by atoms with E-state index in [1.54, 1.807) is 23.3 Å². The van der Waals surface area contributed by atoms with Crippen molar-refractivity contribution in [3.05, 3.63) is 24.8 Å². The smallest absolute Gasteiger partial charge is 0.0771 e. The van der Waals surface area contributed by atoms with Gasteiger partial charge in [-0.2, -0.15) is 0 Å². The number of rotatable bonds is 2. The molecular weight excluding hydrogens is 237 g/mol. The first-order chi connectivity index (χ1) is 8.74. The van der Waals surface area contributed by atoms with E-state index in [1.165, 1.54) is 44.9 Å². The van der Waals surface area contributed by atoms with Crippen molar-refractivity contribution in [1.29, 1.82) is 0 Å². The number of allylic oxidation sites excluding steroid dienone is 3. The molecule has 0 amide bonds. The maximum atomic E-state index is 3.36. The second kappa shape index (κ2) is 13.3. The number of hydrogen-bond donors (Lipinski definition) is 1. The van der Waals surface area contributed by atoms with Gasteiger partial charge in [-0.3, -0.25) is 0 Å². The molecular formula is C16H34NP+2. The van der Waals surface area contributed by atoms with Crippen LogP contribution < -0.4 is 4.90 Å². The Morgan fingerprint density at radius 3 is 1.89 bits per heavy atom. The average molecular weight is 271 g/mol. The Hall–Kier alpha value is -0.130. The Labute approximate surface area is 116 Å². The van der Waals surface area contributed by atoms with Crippen molar-refractivity contribution < 1.29 is 4.90 Å².